The van der Waals surface area contributed by atoms with Gasteiger partial charge in [0.25, 0.3) is 0 Å². The van der Waals surface area contributed by atoms with Crippen LogP contribution >= 0.6 is 0 Å². The molecule has 2 aromatic heterocycles. The first kappa shape index (κ1) is 25.4. The number of alkyl halides is 3. The molecule has 36 heavy (non-hydrogen) atoms. The maximum Gasteiger partial charge on any atom is 0.573 e. The summed E-state index contributed by atoms with van der Waals surface area (Å²) in [6.07, 6.45) is -3.92. The molecule has 3 heterocycles. The zero-order chi connectivity index (χ0) is 26.2. The van der Waals surface area contributed by atoms with Gasteiger partial charge >= 0.3 is 12.1 Å². The molecule has 1 fully saturated rings. The van der Waals surface area contributed by atoms with E-state index >= 15 is 0 Å². The molecule has 3 aromatic rings. The molecule has 0 N–H and O–H groups in total. The topological polar surface area (TPSA) is 87.3 Å². The van der Waals surface area contributed by atoms with Gasteiger partial charge in [0, 0.05) is 38.3 Å². The minimum atomic E-state index is -4.73. The number of fused-ring (bicyclic) bond motifs is 1. The monoisotopic (exact) mass is 500 g/mol. The number of nitrogens with zero attached hydrogens (tertiary/aromatic N) is 6. The lowest BCUT2D eigenvalue weighted by Gasteiger charge is -2.48. The van der Waals surface area contributed by atoms with Crippen molar-refractivity contribution in [1.29, 1.82) is 5.26 Å². The van der Waals surface area contributed by atoms with Crippen molar-refractivity contribution < 1.29 is 17.9 Å². The molecule has 0 amide bonds. The van der Waals surface area contributed by atoms with Gasteiger partial charge in [0.15, 0.2) is 5.82 Å². The van der Waals surface area contributed by atoms with Crippen LogP contribution in [0.25, 0.3) is 11.0 Å². The number of anilines is 1. The summed E-state index contributed by atoms with van der Waals surface area (Å²) >= 11 is 0. The fourth-order valence-electron chi connectivity index (χ4n) is 4.81. The highest BCUT2D eigenvalue weighted by atomic mass is 19.4. The maximum atomic E-state index is 12.6. The van der Waals surface area contributed by atoms with E-state index in [-0.39, 0.29) is 29.6 Å². The molecule has 1 saturated heterocycles. The van der Waals surface area contributed by atoms with Gasteiger partial charge in [-0.25, -0.2) is 9.78 Å². The summed E-state index contributed by atoms with van der Waals surface area (Å²) in [4.78, 5) is 25.8. The van der Waals surface area contributed by atoms with Crippen LogP contribution in [0.3, 0.4) is 0 Å². The standard InChI is InChI=1S/C25H27F3N6O2/c1-5-19-14-33(23-22-21(32(4)24(35)31-23)11-8-18(12-29)30-22)15(2)13-34(19)16(3)17-6-9-20(10-7-17)36-25(26,27)28/h6-11,15-16,19H,5,13-14H2,1-4H3/t15-,16?,19+/m0/s1. The predicted molar refractivity (Wildman–Crippen MR) is 129 cm³/mol. The highest BCUT2D eigenvalue weighted by Gasteiger charge is 2.36. The number of ether oxygens (including phenoxy) is 1. The van der Waals surface area contributed by atoms with Crippen LogP contribution < -0.4 is 15.3 Å². The molecule has 0 saturated carbocycles. The molecular weight excluding hydrogens is 473 g/mol. The minimum absolute atomic E-state index is 0.0431. The van der Waals surface area contributed by atoms with Crippen molar-refractivity contribution in [3.8, 4) is 11.8 Å². The second-order valence-corrected chi connectivity index (χ2v) is 9.01. The number of halogens is 3. The number of aryl methyl sites for hydroxylation is 1. The van der Waals surface area contributed by atoms with E-state index in [2.05, 4.69) is 31.4 Å². The van der Waals surface area contributed by atoms with Crippen molar-refractivity contribution in [2.75, 3.05) is 18.0 Å². The fourth-order valence-corrected chi connectivity index (χ4v) is 4.81. The summed E-state index contributed by atoms with van der Waals surface area (Å²) in [7, 11) is 1.62. The quantitative estimate of drug-likeness (QED) is 0.520. The summed E-state index contributed by atoms with van der Waals surface area (Å²) < 4.78 is 43.0. The second-order valence-electron chi connectivity index (χ2n) is 9.01. The molecule has 1 aromatic carbocycles. The lowest BCUT2D eigenvalue weighted by atomic mass is 9.98. The Bertz CT molecular complexity index is 1350. The third-order valence-electron chi connectivity index (χ3n) is 6.77. The van der Waals surface area contributed by atoms with Gasteiger partial charge in [-0.15, -0.1) is 13.2 Å². The third kappa shape index (κ3) is 4.99. The smallest absolute Gasteiger partial charge is 0.406 e. The van der Waals surface area contributed by atoms with Gasteiger partial charge in [0.1, 0.15) is 23.0 Å². The van der Waals surface area contributed by atoms with Crippen molar-refractivity contribution in [3.63, 3.8) is 0 Å². The first-order valence-corrected chi connectivity index (χ1v) is 11.7. The lowest BCUT2D eigenvalue weighted by Crippen LogP contribution is -2.58. The molecule has 0 spiro atoms. The number of nitriles is 1. The van der Waals surface area contributed by atoms with Gasteiger partial charge in [0.05, 0.1) is 5.52 Å². The second kappa shape index (κ2) is 9.78. The van der Waals surface area contributed by atoms with E-state index in [1.54, 1.807) is 31.3 Å². The SMILES string of the molecule is CC[C@@H]1CN(c2nc(=O)n(C)c3ccc(C#N)nc23)[C@@H](C)CN1C(C)c1ccc(OC(F)(F)F)cc1. The van der Waals surface area contributed by atoms with Crippen LogP contribution in [-0.4, -0.2) is 51.0 Å². The van der Waals surface area contributed by atoms with E-state index in [0.29, 0.717) is 29.9 Å². The number of pyridine rings is 1. The Morgan fingerprint density at radius 3 is 2.47 bits per heavy atom. The normalized spacial score (nSPS) is 19.8. The molecule has 1 aliphatic rings. The number of rotatable bonds is 5. The van der Waals surface area contributed by atoms with E-state index in [9.17, 15) is 23.2 Å². The molecular formula is C25H27F3N6O2. The minimum Gasteiger partial charge on any atom is -0.406 e. The maximum absolute atomic E-state index is 12.6. The predicted octanol–water partition coefficient (Wildman–Crippen LogP) is 4.15. The van der Waals surface area contributed by atoms with Crippen LogP contribution in [0.4, 0.5) is 19.0 Å². The van der Waals surface area contributed by atoms with Gasteiger partial charge in [-0.3, -0.25) is 9.47 Å². The molecule has 1 unspecified atom stereocenters. The Labute approximate surface area is 206 Å². The van der Waals surface area contributed by atoms with Crippen LogP contribution in [0.5, 0.6) is 5.75 Å². The molecule has 8 nitrogen and oxygen atoms in total. The molecule has 1 aliphatic heterocycles. The molecule has 11 heteroatoms. The molecule has 4 rings (SSSR count). The van der Waals surface area contributed by atoms with Gasteiger partial charge in [-0.2, -0.15) is 10.2 Å². The van der Waals surface area contributed by atoms with E-state index in [4.69, 9.17) is 0 Å². The van der Waals surface area contributed by atoms with Gasteiger partial charge < -0.3 is 9.64 Å². The van der Waals surface area contributed by atoms with E-state index in [1.807, 2.05) is 19.9 Å². The Hall–Kier alpha value is -3.65. The highest BCUT2D eigenvalue weighted by molar-refractivity contribution is 5.86. The Morgan fingerprint density at radius 1 is 1.17 bits per heavy atom. The molecule has 190 valence electrons. The average Bonchev–Trinajstić information content (AvgIpc) is 2.85. The molecule has 0 bridgehead atoms. The van der Waals surface area contributed by atoms with Crippen LogP contribution in [-0.2, 0) is 7.05 Å². The Kier molecular flexibility index (Phi) is 6.91. The summed E-state index contributed by atoms with van der Waals surface area (Å²) in [5.74, 6) is 0.202. The Morgan fingerprint density at radius 2 is 1.86 bits per heavy atom. The highest BCUT2D eigenvalue weighted by Crippen LogP contribution is 2.33. The number of benzene rings is 1. The first-order chi connectivity index (χ1) is 17.0. The fraction of sp³-hybridized carbons (Fsp3) is 0.440. The van der Waals surface area contributed by atoms with Gasteiger partial charge in [0.2, 0.25) is 0 Å². The van der Waals surface area contributed by atoms with E-state index < -0.39 is 12.1 Å². The number of hydrogen-bond acceptors (Lipinski definition) is 7. The van der Waals surface area contributed by atoms with Crippen molar-refractivity contribution in [2.24, 2.45) is 7.05 Å². The van der Waals surface area contributed by atoms with Crippen molar-refractivity contribution in [1.82, 2.24) is 19.4 Å². The number of piperazine rings is 1. The molecule has 3 atom stereocenters. The lowest BCUT2D eigenvalue weighted by molar-refractivity contribution is -0.274. The van der Waals surface area contributed by atoms with Crippen LogP contribution in [0.15, 0.2) is 41.2 Å². The van der Waals surface area contributed by atoms with Crippen molar-refractivity contribution in [3.05, 3.63) is 58.1 Å². The zero-order valence-corrected chi connectivity index (χ0v) is 20.5. The summed E-state index contributed by atoms with van der Waals surface area (Å²) in [5, 5.41) is 9.35. The number of hydrogen-bond donors (Lipinski definition) is 0. The largest absolute Gasteiger partial charge is 0.573 e. The summed E-state index contributed by atoms with van der Waals surface area (Å²) in [5.41, 5.74) is 1.82. The number of aromatic nitrogens is 3. The average molecular weight is 501 g/mol. The van der Waals surface area contributed by atoms with Crippen LogP contribution in [0, 0.1) is 11.3 Å². The summed E-state index contributed by atoms with van der Waals surface area (Å²) in [6.45, 7) is 7.34. The zero-order valence-electron chi connectivity index (χ0n) is 20.5. The van der Waals surface area contributed by atoms with Crippen LogP contribution in [0.2, 0.25) is 0 Å². The van der Waals surface area contributed by atoms with Gasteiger partial charge in [-0.05, 0) is 50.1 Å². The van der Waals surface area contributed by atoms with E-state index in [1.165, 1.54) is 16.7 Å². The van der Waals surface area contributed by atoms with Crippen LogP contribution in [0.1, 0.15) is 44.5 Å². The third-order valence-corrected chi connectivity index (χ3v) is 6.77. The first-order valence-electron chi connectivity index (χ1n) is 11.7. The van der Waals surface area contributed by atoms with Crippen molar-refractivity contribution >= 4 is 16.9 Å². The Balaban J connectivity index is 1.63. The van der Waals surface area contributed by atoms with Crippen molar-refractivity contribution in [2.45, 2.75) is 51.7 Å². The molecule has 0 aliphatic carbocycles. The van der Waals surface area contributed by atoms with Gasteiger partial charge in [-0.1, -0.05) is 19.1 Å². The summed E-state index contributed by atoms with van der Waals surface area (Å²) in [6, 6.07) is 11.3. The molecule has 0 radical (unpaired) electrons. The van der Waals surface area contributed by atoms with E-state index in [0.717, 1.165) is 12.0 Å².